The molecule has 3 heteroatoms. The summed E-state index contributed by atoms with van der Waals surface area (Å²) in [6.07, 6.45) is 0. The zero-order chi connectivity index (χ0) is 16.8. The molecule has 0 unspecified atom stereocenters. The minimum absolute atomic E-state index is 0.321. The van der Waals surface area contributed by atoms with Crippen LogP contribution in [-0.2, 0) is 4.79 Å². The van der Waals surface area contributed by atoms with E-state index in [4.69, 9.17) is 9.72 Å². The molecular weight excluding hydrogens is 298 g/mol. The maximum absolute atomic E-state index is 11.7. The van der Waals surface area contributed by atoms with Gasteiger partial charge in [0.25, 0.3) is 0 Å². The van der Waals surface area contributed by atoms with E-state index in [2.05, 4.69) is 26.0 Å². The third-order valence-electron chi connectivity index (χ3n) is 4.61. The van der Waals surface area contributed by atoms with Crippen molar-refractivity contribution in [3.8, 4) is 5.75 Å². The summed E-state index contributed by atoms with van der Waals surface area (Å²) in [4.78, 5) is 16.6. The van der Waals surface area contributed by atoms with Gasteiger partial charge in [0.05, 0.1) is 11.0 Å². The van der Waals surface area contributed by atoms with Crippen molar-refractivity contribution in [1.82, 2.24) is 4.98 Å². The first-order valence-corrected chi connectivity index (χ1v) is 7.96. The van der Waals surface area contributed by atoms with Gasteiger partial charge in [-0.05, 0) is 42.5 Å². The first kappa shape index (κ1) is 14.6. The molecule has 1 aromatic heterocycles. The molecule has 3 nitrogen and oxygen atoms in total. The molecule has 0 aliphatic carbocycles. The fourth-order valence-corrected chi connectivity index (χ4v) is 3.38. The van der Waals surface area contributed by atoms with Crippen molar-refractivity contribution < 1.29 is 9.53 Å². The van der Waals surface area contributed by atoms with Crippen LogP contribution in [0.3, 0.4) is 0 Å². The normalized spacial score (nSPS) is 11.3. The molecule has 0 aliphatic rings. The fraction of sp³-hybridized carbons (Fsp3) is 0.143. The number of aryl methyl sites for hydroxylation is 2. The van der Waals surface area contributed by atoms with E-state index in [0.29, 0.717) is 5.75 Å². The number of nitrogens with zero attached hydrogens (tertiary/aromatic N) is 1. The van der Waals surface area contributed by atoms with Crippen LogP contribution >= 0.6 is 0 Å². The quantitative estimate of drug-likeness (QED) is 0.279. The summed E-state index contributed by atoms with van der Waals surface area (Å²) in [5.74, 6) is 0.285. The van der Waals surface area contributed by atoms with Gasteiger partial charge in [0.1, 0.15) is 5.75 Å². The summed E-state index contributed by atoms with van der Waals surface area (Å²) in [6.45, 7) is 5.60. The standard InChI is InChI=1S/C21H17NO2/c1-12-13(2)19-20(16-9-5-4-8-15(12)16)22-18-11-7-6-10-17(18)21(19)24-14(3)23/h4-11H,1-3H3. The van der Waals surface area contributed by atoms with Crippen LogP contribution in [0.1, 0.15) is 18.1 Å². The Morgan fingerprint density at radius 2 is 1.50 bits per heavy atom. The number of carbonyl (C=O) groups is 1. The number of aromatic nitrogens is 1. The highest BCUT2D eigenvalue weighted by molar-refractivity contribution is 6.15. The third kappa shape index (κ3) is 2.05. The molecule has 0 fully saturated rings. The van der Waals surface area contributed by atoms with E-state index in [-0.39, 0.29) is 5.97 Å². The van der Waals surface area contributed by atoms with Crippen molar-refractivity contribution in [3.05, 3.63) is 59.7 Å². The van der Waals surface area contributed by atoms with E-state index < -0.39 is 0 Å². The van der Waals surface area contributed by atoms with Crippen LogP contribution in [0.25, 0.3) is 32.6 Å². The first-order chi connectivity index (χ1) is 11.6. The van der Waals surface area contributed by atoms with Crippen molar-refractivity contribution in [2.45, 2.75) is 20.8 Å². The second-order valence-electron chi connectivity index (χ2n) is 6.07. The molecule has 3 aromatic carbocycles. The molecule has 0 saturated heterocycles. The Morgan fingerprint density at radius 1 is 0.875 bits per heavy atom. The number of rotatable bonds is 1. The van der Waals surface area contributed by atoms with Gasteiger partial charge in [0.15, 0.2) is 0 Å². The molecule has 4 rings (SSSR count). The molecule has 0 radical (unpaired) electrons. The lowest BCUT2D eigenvalue weighted by atomic mass is 9.94. The van der Waals surface area contributed by atoms with Gasteiger partial charge in [0.2, 0.25) is 0 Å². The predicted molar refractivity (Wildman–Crippen MR) is 97.5 cm³/mol. The minimum atomic E-state index is -0.321. The summed E-state index contributed by atoms with van der Waals surface area (Å²) in [7, 11) is 0. The molecule has 0 N–H and O–H groups in total. The Hall–Kier alpha value is -2.94. The molecule has 0 saturated carbocycles. The van der Waals surface area contributed by atoms with Crippen LogP contribution in [0.15, 0.2) is 48.5 Å². The van der Waals surface area contributed by atoms with Gasteiger partial charge in [-0.15, -0.1) is 0 Å². The zero-order valence-electron chi connectivity index (χ0n) is 13.9. The second-order valence-corrected chi connectivity index (χ2v) is 6.07. The van der Waals surface area contributed by atoms with Crippen LogP contribution < -0.4 is 4.74 Å². The largest absolute Gasteiger partial charge is 0.425 e. The summed E-state index contributed by atoms with van der Waals surface area (Å²) in [6, 6.07) is 16.0. The number of benzene rings is 3. The molecule has 24 heavy (non-hydrogen) atoms. The molecule has 0 amide bonds. The number of carbonyl (C=O) groups excluding carboxylic acids is 1. The lowest BCUT2D eigenvalue weighted by molar-refractivity contribution is -0.131. The fourth-order valence-electron chi connectivity index (χ4n) is 3.38. The number of hydrogen-bond acceptors (Lipinski definition) is 3. The van der Waals surface area contributed by atoms with Crippen molar-refractivity contribution >= 4 is 38.5 Å². The molecule has 1 heterocycles. The van der Waals surface area contributed by atoms with E-state index in [0.717, 1.165) is 32.8 Å². The van der Waals surface area contributed by atoms with Crippen LogP contribution in [-0.4, -0.2) is 11.0 Å². The topological polar surface area (TPSA) is 39.2 Å². The molecule has 118 valence electrons. The van der Waals surface area contributed by atoms with Gasteiger partial charge in [-0.1, -0.05) is 36.4 Å². The number of pyridine rings is 1. The van der Waals surface area contributed by atoms with Crippen LogP contribution in [0.2, 0.25) is 0 Å². The Labute approximate surface area is 139 Å². The average Bonchev–Trinajstić information content (AvgIpc) is 2.59. The highest BCUT2D eigenvalue weighted by Crippen LogP contribution is 2.40. The highest BCUT2D eigenvalue weighted by atomic mass is 16.5. The van der Waals surface area contributed by atoms with Gasteiger partial charge in [-0.3, -0.25) is 4.79 Å². The lowest BCUT2D eigenvalue weighted by Gasteiger charge is -2.16. The van der Waals surface area contributed by atoms with E-state index in [1.807, 2.05) is 36.4 Å². The molecule has 0 bridgehead atoms. The smallest absolute Gasteiger partial charge is 0.308 e. The molecule has 0 spiro atoms. The maximum Gasteiger partial charge on any atom is 0.308 e. The van der Waals surface area contributed by atoms with Gasteiger partial charge in [0, 0.05) is 23.1 Å². The minimum Gasteiger partial charge on any atom is -0.425 e. The average molecular weight is 315 g/mol. The summed E-state index contributed by atoms with van der Waals surface area (Å²) >= 11 is 0. The monoisotopic (exact) mass is 315 g/mol. The van der Waals surface area contributed by atoms with Crippen LogP contribution in [0.5, 0.6) is 5.75 Å². The van der Waals surface area contributed by atoms with E-state index in [1.165, 1.54) is 17.9 Å². The van der Waals surface area contributed by atoms with Crippen molar-refractivity contribution in [2.75, 3.05) is 0 Å². The number of ether oxygens (including phenoxy) is 1. The number of para-hydroxylation sites is 1. The van der Waals surface area contributed by atoms with Crippen LogP contribution in [0.4, 0.5) is 0 Å². The van der Waals surface area contributed by atoms with E-state index in [1.54, 1.807) is 0 Å². The van der Waals surface area contributed by atoms with Crippen LogP contribution in [0, 0.1) is 13.8 Å². The van der Waals surface area contributed by atoms with Gasteiger partial charge in [-0.25, -0.2) is 4.98 Å². The van der Waals surface area contributed by atoms with E-state index in [9.17, 15) is 4.79 Å². The molecule has 0 atom stereocenters. The Morgan fingerprint density at radius 3 is 2.21 bits per heavy atom. The van der Waals surface area contributed by atoms with Gasteiger partial charge >= 0.3 is 5.97 Å². The maximum atomic E-state index is 11.7. The van der Waals surface area contributed by atoms with Crippen molar-refractivity contribution in [2.24, 2.45) is 0 Å². The highest BCUT2D eigenvalue weighted by Gasteiger charge is 2.18. The number of hydrogen-bond donors (Lipinski definition) is 0. The zero-order valence-corrected chi connectivity index (χ0v) is 13.9. The lowest BCUT2D eigenvalue weighted by Crippen LogP contribution is -2.04. The SMILES string of the molecule is CC(=O)Oc1c2ccccc2nc2c1c(C)c(C)c1ccccc12. The number of esters is 1. The Balaban J connectivity index is 2.32. The molecule has 0 aliphatic heterocycles. The van der Waals surface area contributed by atoms with Gasteiger partial charge < -0.3 is 4.74 Å². The Kier molecular flexibility index (Phi) is 3.24. The van der Waals surface area contributed by atoms with E-state index >= 15 is 0 Å². The van der Waals surface area contributed by atoms with Gasteiger partial charge in [-0.2, -0.15) is 0 Å². The Bertz CT molecular complexity index is 1130. The number of fused-ring (bicyclic) bond motifs is 4. The molecular formula is C21H17NO2. The summed E-state index contributed by atoms with van der Waals surface area (Å²) < 4.78 is 5.65. The molecule has 4 aromatic rings. The summed E-state index contributed by atoms with van der Waals surface area (Å²) in [5, 5.41) is 4.03. The summed E-state index contributed by atoms with van der Waals surface area (Å²) in [5.41, 5.74) is 3.99. The van der Waals surface area contributed by atoms with Crippen molar-refractivity contribution in [3.63, 3.8) is 0 Å². The first-order valence-electron chi connectivity index (χ1n) is 7.96. The predicted octanol–water partition coefficient (Wildman–Crippen LogP) is 5.08. The third-order valence-corrected chi connectivity index (χ3v) is 4.61. The van der Waals surface area contributed by atoms with Crippen molar-refractivity contribution in [1.29, 1.82) is 0 Å². The second kappa shape index (κ2) is 5.31.